The van der Waals surface area contributed by atoms with E-state index in [1.165, 1.54) is 19.2 Å². The molecule has 166 valence electrons. The number of likely N-dealkylation sites (tertiary alicyclic amines) is 2. The lowest BCUT2D eigenvalue weighted by molar-refractivity contribution is -0.136. The Morgan fingerprint density at radius 2 is 1.84 bits per heavy atom. The number of hydrogen-bond donors (Lipinski definition) is 0. The first-order valence-corrected chi connectivity index (χ1v) is 10.8. The minimum Gasteiger partial charge on any atom is -0.464 e. The number of aromatic nitrogens is 3. The Labute approximate surface area is 181 Å². The van der Waals surface area contributed by atoms with Crippen LogP contribution >= 0.6 is 0 Å². The van der Waals surface area contributed by atoms with Gasteiger partial charge in [-0.1, -0.05) is 30.2 Å². The summed E-state index contributed by atoms with van der Waals surface area (Å²) in [5.41, 5.74) is 1.10. The molecule has 0 spiro atoms. The van der Waals surface area contributed by atoms with E-state index in [0.717, 1.165) is 44.3 Å². The van der Waals surface area contributed by atoms with Crippen LogP contribution in [0.25, 0.3) is 0 Å². The van der Waals surface area contributed by atoms with Crippen LogP contribution in [0.15, 0.2) is 30.5 Å². The third-order valence-electron chi connectivity index (χ3n) is 6.16. The van der Waals surface area contributed by atoms with Crippen LogP contribution in [-0.4, -0.2) is 69.5 Å². The number of benzene rings is 1. The topological polar surface area (TPSA) is 80.6 Å². The zero-order valence-corrected chi connectivity index (χ0v) is 17.7. The van der Waals surface area contributed by atoms with Gasteiger partial charge in [-0.2, -0.15) is 0 Å². The minimum atomic E-state index is -0.537. The smallest absolute Gasteiger partial charge is 0.360 e. The molecule has 1 aromatic heterocycles. The minimum absolute atomic E-state index is 0.0905. The zero-order chi connectivity index (χ0) is 21.8. The van der Waals surface area contributed by atoms with Gasteiger partial charge in [-0.25, -0.2) is 13.9 Å². The van der Waals surface area contributed by atoms with Crippen molar-refractivity contribution in [3.8, 4) is 0 Å². The molecule has 2 aliphatic rings. The molecule has 1 aromatic carbocycles. The summed E-state index contributed by atoms with van der Waals surface area (Å²) >= 11 is 0. The summed E-state index contributed by atoms with van der Waals surface area (Å²) in [4.78, 5) is 29.3. The van der Waals surface area contributed by atoms with E-state index in [-0.39, 0.29) is 29.5 Å². The van der Waals surface area contributed by atoms with Crippen LogP contribution < -0.4 is 0 Å². The van der Waals surface area contributed by atoms with Crippen molar-refractivity contribution in [3.63, 3.8) is 0 Å². The Morgan fingerprint density at radius 1 is 1.13 bits per heavy atom. The third-order valence-corrected chi connectivity index (χ3v) is 6.16. The Hall–Kier alpha value is -2.81. The number of nitrogens with zero attached hydrogens (tertiary/aromatic N) is 5. The Kier molecular flexibility index (Phi) is 6.60. The first-order chi connectivity index (χ1) is 15.0. The van der Waals surface area contributed by atoms with E-state index in [1.54, 1.807) is 23.0 Å². The van der Waals surface area contributed by atoms with Crippen molar-refractivity contribution in [3.05, 3.63) is 47.5 Å². The molecule has 0 radical (unpaired) electrons. The van der Waals surface area contributed by atoms with E-state index in [0.29, 0.717) is 19.5 Å². The molecule has 31 heavy (non-hydrogen) atoms. The van der Waals surface area contributed by atoms with Crippen molar-refractivity contribution in [2.75, 3.05) is 26.7 Å². The predicted molar refractivity (Wildman–Crippen MR) is 111 cm³/mol. The average molecular weight is 429 g/mol. The summed E-state index contributed by atoms with van der Waals surface area (Å²) in [6.45, 7) is 2.71. The lowest BCUT2D eigenvalue weighted by Crippen LogP contribution is -2.45. The van der Waals surface area contributed by atoms with Gasteiger partial charge in [0, 0.05) is 26.2 Å². The maximum Gasteiger partial charge on any atom is 0.360 e. The van der Waals surface area contributed by atoms with Crippen LogP contribution in [-0.2, 0) is 16.1 Å². The van der Waals surface area contributed by atoms with E-state index in [1.807, 2.05) is 4.90 Å². The third kappa shape index (κ3) is 4.92. The van der Waals surface area contributed by atoms with Gasteiger partial charge >= 0.3 is 5.97 Å². The Morgan fingerprint density at radius 3 is 2.52 bits per heavy atom. The summed E-state index contributed by atoms with van der Waals surface area (Å²) in [7, 11) is 1.30. The van der Waals surface area contributed by atoms with Crippen LogP contribution in [0.1, 0.15) is 54.2 Å². The molecule has 1 amide bonds. The molecule has 0 unspecified atom stereocenters. The molecule has 8 nitrogen and oxygen atoms in total. The number of carbonyl (C=O) groups is 2. The molecule has 0 bridgehead atoms. The molecule has 9 heteroatoms. The fourth-order valence-corrected chi connectivity index (χ4v) is 4.48. The number of amides is 1. The van der Waals surface area contributed by atoms with Crippen molar-refractivity contribution in [1.82, 2.24) is 24.8 Å². The molecular formula is C22H28FN5O3. The second-order valence-corrected chi connectivity index (χ2v) is 8.28. The second-order valence-electron chi connectivity index (χ2n) is 8.28. The zero-order valence-electron chi connectivity index (χ0n) is 17.7. The first kappa shape index (κ1) is 21.4. The molecule has 0 aliphatic carbocycles. The molecule has 0 saturated carbocycles. The van der Waals surface area contributed by atoms with E-state index < -0.39 is 5.97 Å². The normalized spacial score (nSPS) is 22.3. The van der Waals surface area contributed by atoms with Gasteiger partial charge in [0.05, 0.1) is 25.4 Å². The van der Waals surface area contributed by atoms with Crippen molar-refractivity contribution in [2.45, 2.75) is 50.7 Å². The van der Waals surface area contributed by atoms with Crippen molar-refractivity contribution >= 4 is 11.9 Å². The summed E-state index contributed by atoms with van der Waals surface area (Å²) < 4.78 is 19.7. The largest absolute Gasteiger partial charge is 0.464 e. The van der Waals surface area contributed by atoms with Gasteiger partial charge in [0.15, 0.2) is 5.69 Å². The average Bonchev–Trinajstić information content (AvgIpc) is 3.34. The highest BCUT2D eigenvalue weighted by Crippen LogP contribution is 2.30. The molecule has 2 saturated heterocycles. The number of esters is 1. The first-order valence-electron chi connectivity index (χ1n) is 10.8. The van der Waals surface area contributed by atoms with Gasteiger partial charge in [0.2, 0.25) is 5.91 Å². The number of halogens is 1. The summed E-state index contributed by atoms with van der Waals surface area (Å²) in [5.74, 6) is -0.678. The van der Waals surface area contributed by atoms with Crippen LogP contribution in [0.5, 0.6) is 0 Å². The van der Waals surface area contributed by atoms with Crippen LogP contribution in [0.3, 0.4) is 0 Å². The maximum absolute atomic E-state index is 13.4. The van der Waals surface area contributed by atoms with E-state index in [4.69, 9.17) is 4.74 Å². The second kappa shape index (κ2) is 9.55. The SMILES string of the molecule is COC(=O)c1cn([C@@H]2C[C@@H](C(=O)N3CCCCCC3)N(Cc3ccc(F)cc3)C2)nn1. The predicted octanol–water partition coefficient (Wildman–Crippen LogP) is 2.42. The summed E-state index contributed by atoms with van der Waals surface area (Å²) in [6.07, 6.45) is 6.54. The van der Waals surface area contributed by atoms with Gasteiger partial charge in [-0.3, -0.25) is 9.69 Å². The van der Waals surface area contributed by atoms with E-state index >= 15 is 0 Å². The molecule has 2 aromatic rings. The Balaban J connectivity index is 1.54. The highest BCUT2D eigenvalue weighted by Gasteiger charge is 2.40. The molecule has 0 N–H and O–H groups in total. The van der Waals surface area contributed by atoms with Gasteiger partial charge in [0.25, 0.3) is 0 Å². The quantitative estimate of drug-likeness (QED) is 0.679. The summed E-state index contributed by atoms with van der Waals surface area (Å²) in [6, 6.07) is 6.00. The number of hydrogen-bond acceptors (Lipinski definition) is 6. The molecule has 2 aliphatic heterocycles. The highest BCUT2D eigenvalue weighted by molar-refractivity contribution is 5.86. The van der Waals surface area contributed by atoms with Crippen molar-refractivity contribution in [2.24, 2.45) is 0 Å². The van der Waals surface area contributed by atoms with E-state index in [2.05, 4.69) is 15.2 Å². The van der Waals surface area contributed by atoms with Crippen LogP contribution in [0.4, 0.5) is 4.39 Å². The van der Waals surface area contributed by atoms with Crippen LogP contribution in [0, 0.1) is 5.82 Å². The number of methoxy groups -OCH3 is 1. The number of carbonyl (C=O) groups excluding carboxylic acids is 2. The molecule has 4 rings (SSSR count). The Bertz CT molecular complexity index is 908. The molecular weight excluding hydrogens is 401 g/mol. The maximum atomic E-state index is 13.4. The van der Waals surface area contributed by atoms with Crippen molar-refractivity contribution < 1.29 is 18.7 Å². The lowest BCUT2D eigenvalue weighted by Gasteiger charge is -2.29. The van der Waals surface area contributed by atoms with Crippen LogP contribution in [0.2, 0.25) is 0 Å². The molecule has 3 heterocycles. The number of ether oxygens (including phenoxy) is 1. The standard InChI is InChI=1S/C22H28FN5O3/c1-31-22(30)19-15-28(25-24-19)18-12-20(21(29)26-10-4-2-3-5-11-26)27(14-18)13-16-6-8-17(23)9-7-16/h6-9,15,18,20H,2-5,10-14H2,1H3/t18-,20+/m1/s1. The van der Waals surface area contributed by atoms with Gasteiger partial charge < -0.3 is 9.64 Å². The van der Waals surface area contributed by atoms with Crippen molar-refractivity contribution in [1.29, 1.82) is 0 Å². The van der Waals surface area contributed by atoms with Gasteiger partial charge in [-0.15, -0.1) is 5.10 Å². The molecule has 2 atom stereocenters. The monoisotopic (exact) mass is 429 g/mol. The van der Waals surface area contributed by atoms with Gasteiger partial charge in [0.1, 0.15) is 5.82 Å². The molecule has 2 fully saturated rings. The van der Waals surface area contributed by atoms with Gasteiger partial charge in [-0.05, 0) is 37.0 Å². The highest BCUT2D eigenvalue weighted by atomic mass is 19.1. The fourth-order valence-electron chi connectivity index (χ4n) is 4.48. The van der Waals surface area contributed by atoms with E-state index in [9.17, 15) is 14.0 Å². The summed E-state index contributed by atoms with van der Waals surface area (Å²) in [5, 5.41) is 8.01. The lowest BCUT2D eigenvalue weighted by atomic mass is 10.1. The number of rotatable bonds is 5. The fraction of sp³-hybridized carbons (Fsp3) is 0.545.